The van der Waals surface area contributed by atoms with Crippen LogP contribution >= 0.6 is 11.8 Å². The molecular weight excluding hydrogens is 347 g/mol. The summed E-state index contributed by atoms with van der Waals surface area (Å²) in [7, 11) is 4.42. The van der Waals surface area contributed by atoms with Gasteiger partial charge in [0.2, 0.25) is 5.75 Å². The predicted molar refractivity (Wildman–Crippen MR) is 93.5 cm³/mol. The zero-order valence-corrected chi connectivity index (χ0v) is 15.0. The van der Waals surface area contributed by atoms with Gasteiger partial charge in [0, 0.05) is 10.6 Å². The van der Waals surface area contributed by atoms with E-state index < -0.39 is 5.97 Å². The third-order valence-corrected chi connectivity index (χ3v) is 4.32. The average molecular weight is 366 g/mol. The standard InChI is InChI=1S/C18H19FO5S/c1-21-14-10-12(11-15(22-2)17(14)23-3)18(20)24-8-9-25-16-7-5-4-6-13(16)19/h4-7,10-11H,8-9H2,1-3H3. The molecular formula is C18H19FO5S. The van der Waals surface area contributed by atoms with Crippen molar-refractivity contribution < 1.29 is 28.1 Å². The highest BCUT2D eigenvalue weighted by molar-refractivity contribution is 7.99. The van der Waals surface area contributed by atoms with Gasteiger partial charge in [-0.1, -0.05) is 12.1 Å². The van der Waals surface area contributed by atoms with Crippen LogP contribution in [0.2, 0.25) is 0 Å². The van der Waals surface area contributed by atoms with Crippen molar-refractivity contribution in [1.82, 2.24) is 0 Å². The molecule has 0 aliphatic rings. The molecule has 0 amide bonds. The normalized spacial score (nSPS) is 10.2. The first-order valence-corrected chi connectivity index (χ1v) is 8.43. The minimum absolute atomic E-state index is 0.147. The zero-order chi connectivity index (χ0) is 18.2. The van der Waals surface area contributed by atoms with Gasteiger partial charge in [0.25, 0.3) is 0 Å². The molecule has 0 heterocycles. The van der Waals surface area contributed by atoms with Crippen LogP contribution < -0.4 is 14.2 Å². The van der Waals surface area contributed by atoms with Crippen LogP contribution in [0.15, 0.2) is 41.3 Å². The van der Waals surface area contributed by atoms with Crippen molar-refractivity contribution in [2.24, 2.45) is 0 Å². The molecule has 2 aromatic carbocycles. The number of thioether (sulfide) groups is 1. The van der Waals surface area contributed by atoms with Crippen LogP contribution in [-0.2, 0) is 4.74 Å². The maximum absolute atomic E-state index is 13.5. The van der Waals surface area contributed by atoms with Gasteiger partial charge in [0.05, 0.1) is 26.9 Å². The van der Waals surface area contributed by atoms with E-state index in [1.807, 2.05) is 0 Å². The van der Waals surface area contributed by atoms with Gasteiger partial charge in [-0.2, -0.15) is 0 Å². The van der Waals surface area contributed by atoms with E-state index in [0.717, 1.165) is 0 Å². The smallest absolute Gasteiger partial charge is 0.338 e. The van der Waals surface area contributed by atoms with Crippen LogP contribution in [0.5, 0.6) is 17.2 Å². The second-order valence-electron chi connectivity index (χ2n) is 4.83. The first-order chi connectivity index (χ1) is 12.1. The minimum Gasteiger partial charge on any atom is -0.493 e. The van der Waals surface area contributed by atoms with E-state index >= 15 is 0 Å². The highest BCUT2D eigenvalue weighted by Crippen LogP contribution is 2.38. The molecule has 2 rings (SSSR count). The summed E-state index contributed by atoms with van der Waals surface area (Å²) in [4.78, 5) is 12.7. The summed E-state index contributed by atoms with van der Waals surface area (Å²) in [6.07, 6.45) is 0. The third kappa shape index (κ3) is 4.79. The van der Waals surface area contributed by atoms with Gasteiger partial charge in [-0.05, 0) is 24.3 Å². The Morgan fingerprint density at radius 2 is 1.68 bits per heavy atom. The lowest BCUT2D eigenvalue weighted by Crippen LogP contribution is -2.09. The second kappa shape index (κ2) is 9.17. The summed E-state index contributed by atoms with van der Waals surface area (Å²) < 4.78 is 34.4. The number of hydrogen-bond donors (Lipinski definition) is 0. The molecule has 25 heavy (non-hydrogen) atoms. The Balaban J connectivity index is 1.97. The van der Waals surface area contributed by atoms with E-state index in [-0.39, 0.29) is 18.0 Å². The third-order valence-electron chi connectivity index (χ3n) is 3.31. The fourth-order valence-corrected chi connectivity index (χ4v) is 2.90. The van der Waals surface area contributed by atoms with E-state index in [1.54, 1.807) is 18.2 Å². The van der Waals surface area contributed by atoms with Crippen molar-refractivity contribution in [3.8, 4) is 17.2 Å². The average Bonchev–Trinajstić information content (AvgIpc) is 2.64. The van der Waals surface area contributed by atoms with Crippen molar-refractivity contribution in [2.45, 2.75) is 4.90 Å². The highest BCUT2D eigenvalue weighted by Gasteiger charge is 2.17. The fourth-order valence-electron chi connectivity index (χ4n) is 2.13. The molecule has 0 saturated heterocycles. The van der Waals surface area contributed by atoms with E-state index in [4.69, 9.17) is 18.9 Å². The zero-order valence-electron chi connectivity index (χ0n) is 14.2. The number of hydrogen-bond acceptors (Lipinski definition) is 6. The summed E-state index contributed by atoms with van der Waals surface area (Å²) >= 11 is 1.28. The van der Waals surface area contributed by atoms with Gasteiger partial charge in [0.15, 0.2) is 11.5 Å². The SMILES string of the molecule is COc1cc(C(=O)OCCSc2ccccc2F)cc(OC)c1OC. The van der Waals surface area contributed by atoms with E-state index in [2.05, 4.69) is 0 Å². The van der Waals surface area contributed by atoms with Crippen LogP contribution in [0.25, 0.3) is 0 Å². The van der Waals surface area contributed by atoms with Gasteiger partial charge in [-0.3, -0.25) is 0 Å². The molecule has 5 nitrogen and oxygen atoms in total. The largest absolute Gasteiger partial charge is 0.493 e. The number of esters is 1. The number of ether oxygens (including phenoxy) is 4. The Morgan fingerprint density at radius 1 is 1.04 bits per heavy atom. The highest BCUT2D eigenvalue weighted by atomic mass is 32.2. The number of carbonyl (C=O) groups excluding carboxylic acids is 1. The lowest BCUT2D eigenvalue weighted by atomic mass is 10.2. The first kappa shape index (κ1) is 18.9. The maximum Gasteiger partial charge on any atom is 0.338 e. The van der Waals surface area contributed by atoms with Gasteiger partial charge < -0.3 is 18.9 Å². The summed E-state index contributed by atoms with van der Waals surface area (Å²) in [5.74, 6) is 0.773. The molecule has 0 aromatic heterocycles. The monoisotopic (exact) mass is 366 g/mol. The molecule has 2 aromatic rings. The Labute approximate surface area is 150 Å². The molecule has 0 atom stereocenters. The summed E-state index contributed by atoms with van der Waals surface area (Å²) in [5.41, 5.74) is 0.283. The summed E-state index contributed by atoms with van der Waals surface area (Å²) in [6.45, 7) is 0.147. The van der Waals surface area contributed by atoms with E-state index in [0.29, 0.717) is 27.9 Å². The van der Waals surface area contributed by atoms with E-state index in [1.165, 1.54) is 51.3 Å². The van der Waals surface area contributed by atoms with Gasteiger partial charge in [-0.15, -0.1) is 11.8 Å². The Kier molecular flexibility index (Phi) is 6.94. The van der Waals surface area contributed by atoms with Crippen LogP contribution in [0, 0.1) is 5.82 Å². The molecule has 0 radical (unpaired) electrons. The predicted octanol–water partition coefficient (Wildman–Crippen LogP) is 3.80. The number of methoxy groups -OCH3 is 3. The Morgan fingerprint density at radius 3 is 2.24 bits per heavy atom. The van der Waals surface area contributed by atoms with Crippen LogP contribution in [0.4, 0.5) is 4.39 Å². The molecule has 7 heteroatoms. The molecule has 0 bridgehead atoms. The van der Waals surface area contributed by atoms with Crippen LogP contribution in [0.1, 0.15) is 10.4 Å². The molecule has 0 spiro atoms. The molecule has 0 aliphatic heterocycles. The van der Waals surface area contributed by atoms with Crippen molar-refractivity contribution in [2.75, 3.05) is 33.7 Å². The van der Waals surface area contributed by atoms with Gasteiger partial charge in [-0.25, -0.2) is 9.18 Å². The van der Waals surface area contributed by atoms with Gasteiger partial charge >= 0.3 is 5.97 Å². The Bertz CT molecular complexity index is 710. The van der Waals surface area contributed by atoms with Crippen LogP contribution in [-0.4, -0.2) is 39.7 Å². The summed E-state index contributed by atoms with van der Waals surface area (Å²) in [6, 6.07) is 9.50. The number of halogens is 1. The number of benzene rings is 2. The summed E-state index contributed by atoms with van der Waals surface area (Å²) in [5, 5.41) is 0. The molecule has 0 saturated carbocycles. The van der Waals surface area contributed by atoms with E-state index in [9.17, 15) is 9.18 Å². The number of rotatable bonds is 8. The van der Waals surface area contributed by atoms with Crippen molar-refractivity contribution in [3.63, 3.8) is 0 Å². The molecule has 0 aliphatic carbocycles. The van der Waals surface area contributed by atoms with Crippen molar-refractivity contribution in [3.05, 3.63) is 47.8 Å². The first-order valence-electron chi connectivity index (χ1n) is 7.45. The van der Waals surface area contributed by atoms with Gasteiger partial charge in [0.1, 0.15) is 12.4 Å². The maximum atomic E-state index is 13.5. The molecule has 0 unspecified atom stereocenters. The lowest BCUT2D eigenvalue weighted by molar-refractivity contribution is 0.0529. The second-order valence-corrected chi connectivity index (χ2v) is 5.97. The molecule has 134 valence electrons. The van der Waals surface area contributed by atoms with Crippen molar-refractivity contribution >= 4 is 17.7 Å². The quantitative estimate of drug-likeness (QED) is 0.402. The fraction of sp³-hybridized carbons (Fsp3) is 0.278. The van der Waals surface area contributed by atoms with Crippen molar-refractivity contribution in [1.29, 1.82) is 0 Å². The Hall–Kier alpha value is -2.41. The molecule has 0 fully saturated rings. The topological polar surface area (TPSA) is 54.0 Å². The number of carbonyl (C=O) groups is 1. The molecule has 0 N–H and O–H groups in total. The van der Waals surface area contributed by atoms with Crippen LogP contribution in [0.3, 0.4) is 0 Å². The lowest BCUT2D eigenvalue weighted by Gasteiger charge is -2.13. The minimum atomic E-state index is -0.520.